The van der Waals surface area contributed by atoms with Crippen molar-refractivity contribution >= 4 is 23.2 Å². The van der Waals surface area contributed by atoms with Crippen LogP contribution in [0.3, 0.4) is 0 Å². The van der Waals surface area contributed by atoms with Gasteiger partial charge in [0.2, 0.25) is 11.7 Å². The van der Waals surface area contributed by atoms with Crippen molar-refractivity contribution in [1.82, 2.24) is 15.5 Å². The summed E-state index contributed by atoms with van der Waals surface area (Å²) in [7, 11) is 0. The van der Waals surface area contributed by atoms with Gasteiger partial charge in [-0.15, -0.1) is 0 Å². The van der Waals surface area contributed by atoms with Crippen molar-refractivity contribution in [3.63, 3.8) is 0 Å². The average Bonchev–Trinajstić information content (AvgIpc) is 3.09. The summed E-state index contributed by atoms with van der Waals surface area (Å²) in [6.45, 7) is -0.00487. The molecule has 126 valence electrons. The van der Waals surface area contributed by atoms with Gasteiger partial charge in [0.05, 0.1) is 11.5 Å². The maximum Gasteiger partial charge on any atom is 0.288 e. The molecule has 0 saturated heterocycles. The van der Waals surface area contributed by atoms with Crippen LogP contribution in [0.15, 0.2) is 53.1 Å². The van der Waals surface area contributed by atoms with Gasteiger partial charge >= 0.3 is 0 Å². The number of rotatable bonds is 5. The van der Waals surface area contributed by atoms with Crippen LogP contribution in [0.5, 0.6) is 0 Å². The molecule has 0 aliphatic carbocycles. The van der Waals surface area contributed by atoms with E-state index in [4.69, 9.17) is 16.1 Å². The Labute approximate surface area is 146 Å². The third-order valence-corrected chi connectivity index (χ3v) is 3.62. The molecule has 0 unspecified atom stereocenters. The highest BCUT2D eigenvalue weighted by atomic mass is 35.5. The fourth-order valence-electron chi connectivity index (χ4n) is 2.08. The van der Waals surface area contributed by atoms with Crippen molar-refractivity contribution in [2.45, 2.75) is 6.54 Å². The molecular formula is C16H11ClN4O4. The number of aromatic nitrogens is 2. The lowest BCUT2D eigenvalue weighted by atomic mass is 10.2. The maximum atomic E-state index is 12.1. The first-order valence-corrected chi connectivity index (χ1v) is 7.52. The lowest BCUT2D eigenvalue weighted by Crippen LogP contribution is -2.23. The number of carbonyl (C=O) groups excluding carboxylic acids is 1. The van der Waals surface area contributed by atoms with Crippen molar-refractivity contribution in [2.75, 3.05) is 0 Å². The van der Waals surface area contributed by atoms with E-state index in [1.807, 2.05) is 30.3 Å². The first-order chi connectivity index (χ1) is 12.0. The van der Waals surface area contributed by atoms with Crippen LogP contribution in [0.4, 0.5) is 5.69 Å². The first kappa shape index (κ1) is 16.6. The van der Waals surface area contributed by atoms with Crippen LogP contribution in [0.25, 0.3) is 11.4 Å². The van der Waals surface area contributed by atoms with Crippen LogP contribution in [0, 0.1) is 10.1 Å². The Hall–Kier alpha value is -3.26. The second-order valence-electron chi connectivity index (χ2n) is 4.98. The van der Waals surface area contributed by atoms with Crippen LogP contribution in [-0.2, 0) is 6.54 Å². The molecule has 2 aromatic carbocycles. The minimum Gasteiger partial charge on any atom is -0.343 e. The van der Waals surface area contributed by atoms with E-state index in [-0.39, 0.29) is 28.7 Å². The smallest absolute Gasteiger partial charge is 0.288 e. The summed E-state index contributed by atoms with van der Waals surface area (Å²) in [5, 5.41) is 17.2. The largest absolute Gasteiger partial charge is 0.343 e. The van der Waals surface area contributed by atoms with E-state index in [1.54, 1.807) is 0 Å². The summed E-state index contributed by atoms with van der Waals surface area (Å²) in [6, 6.07) is 13.0. The molecule has 8 nitrogen and oxygen atoms in total. The number of nitro groups is 1. The Kier molecular flexibility index (Phi) is 4.71. The zero-order valence-electron chi connectivity index (χ0n) is 12.7. The molecule has 1 amide bonds. The molecule has 0 saturated carbocycles. The van der Waals surface area contributed by atoms with Crippen molar-refractivity contribution in [1.29, 1.82) is 0 Å². The number of nitrogens with one attached hydrogen (secondary N) is 1. The highest BCUT2D eigenvalue weighted by Gasteiger charge is 2.17. The molecule has 1 heterocycles. The van der Waals surface area contributed by atoms with Gasteiger partial charge in [0.15, 0.2) is 0 Å². The number of halogens is 1. The highest BCUT2D eigenvalue weighted by Crippen LogP contribution is 2.25. The topological polar surface area (TPSA) is 111 Å². The fourth-order valence-corrected chi connectivity index (χ4v) is 2.27. The van der Waals surface area contributed by atoms with E-state index in [1.165, 1.54) is 12.1 Å². The Balaban J connectivity index is 1.68. The van der Waals surface area contributed by atoms with E-state index in [9.17, 15) is 14.9 Å². The van der Waals surface area contributed by atoms with Gasteiger partial charge in [-0.2, -0.15) is 4.98 Å². The van der Waals surface area contributed by atoms with Gasteiger partial charge in [0, 0.05) is 17.2 Å². The first-order valence-electron chi connectivity index (χ1n) is 7.15. The Morgan fingerprint density at radius 3 is 2.72 bits per heavy atom. The third kappa shape index (κ3) is 3.81. The highest BCUT2D eigenvalue weighted by molar-refractivity contribution is 6.32. The summed E-state index contributed by atoms with van der Waals surface area (Å²) in [5.41, 5.74) is 0.564. The zero-order chi connectivity index (χ0) is 17.8. The summed E-state index contributed by atoms with van der Waals surface area (Å²) < 4.78 is 5.08. The number of amides is 1. The number of hydrogen-bond acceptors (Lipinski definition) is 6. The summed E-state index contributed by atoms with van der Waals surface area (Å²) in [4.78, 5) is 26.5. The van der Waals surface area contributed by atoms with Gasteiger partial charge in [0.25, 0.3) is 11.6 Å². The molecule has 0 fully saturated rings. The number of carbonyl (C=O) groups is 1. The van der Waals surface area contributed by atoms with E-state index in [2.05, 4.69) is 15.5 Å². The summed E-state index contributed by atoms with van der Waals surface area (Å²) >= 11 is 5.72. The molecule has 3 aromatic rings. The van der Waals surface area contributed by atoms with Crippen molar-refractivity contribution in [3.05, 3.63) is 75.1 Å². The predicted octanol–water partition coefficient (Wildman–Crippen LogP) is 3.23. The average molecular weight is 359 g/mol. The molecular weight excluding hydrogens is 348 g/mol. The van der Waals surface area contributed by atoms with E-state index < -0.39 is 10.8 Å². The minimum absolute atomic E-state index is 0.00487. The lowest BCUT2D eigenvalue weighted by molar-refractivity contribution is -0.384. The Morgan fingerprint density at radius 1 is 1.24 bits per heavy atom. The number of hydrogen-bond donors (Lipinski definition) is 1. The lowest BCUT2D eigenvalue weighted by Gasteiger charge is -2.03. The van der Waals surface area contributed by atoms with Gasteiger partial charge in [-0.1, -0.05) is 47.1 Å². The van der Waals surface area contributed by atoms with Crippen LogP contribution < -0.4 is 5.32 Å². The number of nitrogens with zero attached hydrogens (tertiary/aromatic N) is 3. The van der Waals surface area contributed by atoms with Crippen molar-refractivity contribution in [3.8, 4) is 11.4 Å². The SMILES string of the molecule is O=C(NCc1nc(-c2ccccc2)no1)c1ccc(Cl)c([N+](=O)[O-])c1. The van der Waals surface area contributed by atoms with Gasteiger partial charge in [-0.05, 0) is 12.1 Å². The quantitative estimate of drug-likeness (QED) is 0.553. The molecule has 0 bridgehead atoms. The van der Waals surface area contributed by atoms with Crippen LogP contribution in [0.2, 0.25) is 5.02 Å². The van der Waals surface area contributed by atoms with Crippen molar-refractivity contribution in [2.24, 2.45) is 0 Å². The molecule has 1 aromatic heterocycles. The Morgan fingerprint density at radius 2 is 2.00 bits per heavy atom. The fraction of sp³-hybridized carbons (Fsp3) is 0.0625. The molecule has 1 N–H and O–H groups in total. The van der Waals surface area contributed by atoms with Crippen LogP contribution >= 0.6 is 11.6 Å². The van der Waals surface area contributed by atoms with E-state index in [0.29, 0.717) is 5.82 Å². The monoisotopic (exact) mass is 358 g/mol. The second-order valence-corrected chi connectivity index (χ2v) is 5.39. The van der Waals surface area contributed by atoms with E-state index in [0.717, 1.165) is 11.6 Å². The maximum absolute atomic E-state index is 12.1. The molecule has 25 heavy (non-hydrogen) atoms. The van der Waals surface area contributed by atoms with Gasteiger partial charge in [-0.3, -0.25) is 14.9 Å². The molecule has 9 heteroatoms. The van der Waals surface area contributed by atoms with Gasteiger partial charge in [0.1, 0.15) is 5.02 Å². The third-order valence-electron chi connectivity index (χ3n) is 3.31. The molecule has 0 aliphatic rings. The van der Waals surface area contributed by atoms with Crippen LogP contribution in [0.1, 0.15) is 16.2 Å². The molecule has 3 rings (SSSR count). The molecule has 0 spiro atoms. The van der Waals surface area contributed by atoms with Gasteiger partial charge < -0.3 is 9.84 Å². The Bertz CT molecular complexity index is 927. The second kappa shape index (κ2) is 7.10. The minimum atomic E-state index is -0.650. The predicted molar refractivity (Wildman–Crippen MR) is 89.0 cm³/mol. The van der Waals surface area contributed by atoms with Crippen molar-refractivity contribution < 1.29 is 14.2 Å². The molecule has 0 atom stereocenters. The number of benzene rings is 2. The molecule has 0 aliphatic heterocycles. The standard InChI is InChI=1S/C16H11ClN4O4/c17-12-7-6-11(8-13(12)21(23)24)16(22)18-9-14-19-15(20-25-14)10-4-2-1-3-5-10/h1-8H,9H2,(H,18,22). The molecule has 0 radical (unpaired) electrons. The van der Waals surface area contributed by atoms with Gasteiger partial charge in [-0.25, -0.2) is 0 Å². The zero-order valence-corrected chi connectivity index (χ0v) is 13.4. The van der Waals surface area contributed by atoms with Crippen LogP contribution in [-0.4, -0.2) is 21.0 Å². The van der Waals surface area contributed by atoms with E-state index >= 15 is 0 Å². The summed E-state index contributed by atoms with van der Waals surface area (Å²) in [6.07, 6.45) is 0. The summed E-state index contributed by atoms with van der Waals surface area (Å²) in [5.74, 6) is 0.113. The normalized spacial score (nSPS) is 10.4. The number of nitro benzene ring substituents is 1.